The Bertz CT molecular complexity index is 550. The molecule has 0 amide bonds. The molecule has 2 heteroatoms. The van der Waals surface area contributed by atoms with Crippen LogP contribution in [0, 0.1) is 18.3 Å². The summed E-state index contributed by atoms with van der Waals surface area (Å²) in [6, 6.07) is 12.1. The zero-order valence-corrected chi connectivity index (χ0v) is 8.83. The van der Waals surface area contributed by atoms with E-state index < -0.39 is 0 Å². The van der Waals surface area contributed by atoms with E-state index in [1.54, 1.807) is 0 Å². The minimum atomic E-state index is 0.723. The van der Waals surface area contributed by atoms with Crippen LogP contribution >= 0.6 is 0 Å². The zero-order valence-electron chi connectivity index (χ0n) is 8.83. The Balaban J connectivity index is 2.96. The van der Waals surface area contributed by atoms with Crippen LogP contribution < -0.4 is 5.32 Å². The monoisotopic (exact) mass is 196 g/mol. The Morgan fingerprint density at radius 1 is 1.20 bits per heavy atom. The highest BCUT2D eigenvalue weighted by molar-refractivity contribution is 5.99. The number of nitrogens with one attached hydrogen (secondary N) is 1. The Kier molecular flexibility index (Phi) is 2.31. The molecule has 0 saturated heterocycles. The van der Waals surface area contributed by atoms with Gasteiger partial charge < -0.3 is 5.32 Å². The van der Waals surface area contributed by atoms with Gasteiger partial charge >= 0.3 is 0 Å². The first-order valence-corrected chi connectivity index (χ1v) is 4.88. The lowest BCUT2D eigenvalue weighted by molar-refractivity contribution is 1.46. The Labute approximate surface area is 89.2 Å². The average Bonchev–Trinajstić information content (AvgIpc) is 2.29. The van der Waals surface area contributed by atoms with Crippen molar-refractivity contribution in [3.8, 4) is 6.07 Å². The third-order valence-electron chi connectivity index (χ3n) is 2.65. The van der Waals surface area contributed by atoms with Crippen molar-refractivity contribution < 1.29 is 0 Å². The van der Waals surface area contributed by atoms with Crippen molar-refractivity contribution in [2.75, 3.05) is 12.4 Å². The number of aryl methyl sites for hydroxylation is 1. The molecule has 0 spiro atoms. The lowest BCUT2D eigenvalue weighted by atomic mass is 9.99. The van der Waals surface area contributed by atoms with E-state index in [0.717, 1.165) is 22.0 Å². The maximum absolute atomic E-state index is 9.07. The van der Waals surface area contributed by atoms with Gasteiger partial charge in [-0.15, -0.1) is 0 Å². The van der Waals surface area contributed by atoms with Gasteiger partial charge in [0.1, 0.15) is 0 Å². The minimum absolute atomic E-state index is 0.723. The van der Waals surface area contributed by atoms with Crippen molar-refractivity contribution >= 4 is 16.5 Å². The number of nitrogens with zero attached hydrogens (tertiary/aromatic N) is 1. The Hall–Kier alpha value is -2.01. The van der Waals surface area contributed by atoms with Crippen LogP contribution in [0.2, 0.25) is 0 Å². The average molecular weight is 196 g/mol. The van der Waals surface area contributed by atoms with Gasteiger partial charge in [-0.3, -0.25) is 0 Å². The van der Waals surface area contributed by atoms with Crippen LogP contribution in [0.5, 0.6) is 0 Å². The highest BCUT2D eigenvalue weighted by atomic mass is 14.8. The van der Waals surface area contributed by atoms with Crippen molar-refractivity contribution in [2.24, 2.45) is 0 Å². The summed E-state index contributed by atoms with van der Waals surface area (Å²) >= 11 is 0. The number of anilines is 1. The molecule has 15 heavy (non-hydrogen) atoms. The summed E-state index contributed by atoms with van der Waals surface area (Å²) in [7, 11) is 1.87. The molecule has 0 fully saturated rings. The second kappa shape index (κ2) is 3.62. The SMILES string of the molecule is CNc1ccc(C)c2cccc(C#N)c12. The van der Waals surface area contributed by atoms with E-state index in [1.807, 2.05) is 31.3 Å². The van der Waals surface area contributed by atoms with Crippen molar-refractivity contribution in [1.82, 2.24) is 0 Å². The number of hydrogen-bond acceptors (Lipinski definition) is 2. The summed E-state index contributed by atoms with van der Waals surface area (Å²) < 4.78 is 0. The summed E-state index contributed by atoms with van der Waals surface area (Å²) in [5, 5.41) is 14.3. The third kappa shape index (κ3) is 1.42. The summed E-state index contributed by atoms with van der Waals surface area (Å²) in [4.78, 5) is 0. The maximum Gasteiger partial charge on any atom is 0.0998 e. The Morgan fingerprint density at radius 2 is 2.00 bits per heavy atom. The van der Waals surface area contributed by atoms with Crippen molar-refractivity contribution in [2.45, 2.75) is 6.92 Å². The van der Waals surface area contributed by atoms with E-state index in [2.05, 4.69) is 24.4 Å². The smallest absolute Gasteiger partial charge is 0.0998 e. The highest BCUT2D eigenvalue weighted by Gasteiger charge is 2.06. The van der Waals surface area contributed by atoms with Crippen molar-refractivity contribution in [1.29, 1.82) is 5.26 Å². The highest BCUT2D eigenvalue weighted by Crippen LogP contribution is 2.28. The molecule has 0 atom stereocenters. The van der Waals surface area contributed by atoms with Crippen LogP contribution in [-0.4, -0.2) is 7.05 Å². The number of nitriles is 1. The van der Waals surface area contributed by atoms with Crippen molar-refractivity contribution in [3.05, 3.63) is 41.5 Å². The molecule has 0 aromatic heterocycles. The zero-order chi connectivity index (χ0) is 10.8. The lowest BCUT2D eigenvalue weighted by Crippen LogP contribution is -1.92. The predicted molar refractivity (Wildman–Crippen MR) is 62.9 cm³/mol. The molecule has 74 valence electrons. The largest absolute Gasteiger partial charge is 0.388 e. The van der Waals surface area contributed by atoms with Crippen LogP contribution in [0.3, 0.4) is 0 Å². The van der Waals surface area contributed by atoms with Crippen molar-refractivity contribution in [3.63, 3.8) is 0 Å². The van der Waals surface area contributed by atoms with Crippen LogP contribution in [0.15, 0.2) is 30.3 Å². The standard InChI is InChI=1S/C13H12N2/c1-9-6-7-12(15-2)13-10(8-14)4-3-5-11(9)13/h3-7,15H,1-2H3. The number of hydrogen-bond donors (Lipinski definition) is 1. The summed E-state index contributed by atoms with van der Waals surface area (Å²) in [6.07, 6.45) is 0. The summed E-state index contributed by atoms with van der Waals surface area (Å²) in [5.74, 6) is 0. The molecule has 2 rings (SSSR count). The normalized spacial score (nSPS) is 9.93. The molecule has 2 aromatic carbocycles. The molecule has 0 unspecified atom stereocenters. The van der Waals surface area contributed by atoms with Gasteiger partial charge in [-0.2, -0.15) is 5.26 Å². The van der Waals surface area contributed by atoms with Gasteiger partial charge in [0, 0.05) is 18.1 Å². The maximum atomic E-state index is 9.07. The van der Waals surface area contributed by atoms with Gasteiger partial charge in [-0.1, -0.05) is 18.2 Å². The first kappa shape index (κ1) is 9.54. The van der Waals surface area contributed by atoms with E-state index in [-0.39, 0.29) is 0 Å². The Morgan fingerprint density at radius 3 is 2.67 bits per heavy atom. The fourth-order valence-corrected chi connectivity index (χ4v) is 1.85. The van der Waals surface area contributed by atoms with E-state index in [9.17, 15) is 0 Å². The molecular weight excluding hydrogens is 184 g/mol. The van der Waals surface area contributed by atoms with Gasteiger partial charge in [-0.25, -0.2) is 0 Å². The summed E-state index contributed by atoms with van der Waals surface area (Å²) in [5.41, 5.74) is 2.93. The van der Waals surface area contributed by atoms with E-state index in [4.69, 9.17) is 5.26 Å². The molecule has 0 heterocycles. The van der Waals surface area contributed by atoms with Gasteiger partial charge in [0.25, 0.3) is 0 Å². The molecule has 1 N–H and O–H groups in total. The molecule has 2 nitrogen and oxygen atoms in total. The van der Waals surface area contributed by atoms with Gasteiger partial charge in [0.05, 0.1) is 11.6 Å². The molecule has 0 aliphatic carbocycles. The van der Waals surface area contributed by atoms with Gasteiger partial charge in [-0.05, 0) is 30.0 Å². The fraction of sp³-hybridized carbons (Fsp3) is 0.154. The lowest BCUT2D eigenvalue weighted by Gasteiger charge is -2.09. The predicted octanol–water partition coefficient (Wildman–Crippen LogP) is 3.06. The molecule has 0 aliphatic heterocycles. The van der Waals surface area contributed by atoms with Crippen LogP contribution in [-0.2, 0) is 0 Å². The molecule has 0 saturated carbocycles. The molecular formula is C13H12N2. The first-order chi connectivity index (χ1) is 7.27. The number of fused-ring (bicyclic) bond motifs is 1. The molecule has 0 bridgehead atoms. The van der Waals surface area contributed by atoms with Gasteiger partial charge in [0.15, 0.2) is 0 Å². The van der Waals surface area contributed by atoms with Crippen LogP contribution in [0.25, 0.3) is 10.8 Å². The van der Waals surface area contributed by atoms with Crippen LogP contribution in [0.1, 0.15) is 11.1 Å². The quantitative estimate of drug-likeness (QED) is 0.760. The number of benzene rings is 2. The van der Waals surface area contributed by atoms with E-state index >= 15 is 0 Å². The second-order valence-electron chi connectivity index (χ2n) is 3.52. The fourth-order valence-electron chi connectivity index (χ4n) is 1.85. The molecule has 0 radical (unpaired) electrons. The summed E-state index contributed by atoms with van der Waals surface area (Å²) in [6.45, 7) is 2.06. The topological polar surface area (TPSA) is 35.8 Å². The molecule has 2 aromatic rings. The third-order valence-corrected chi connectivity index (χ3v) is 2.65. The first-order valence-electron chi connectivity index (χ1n) is 4.88. The van der Waals surface area contributed by atoms with E-state index in [1.165, 1.54) is 5.56 Å². The van der Waals surface area contributed by atoms with Gasteiger partial charge in [0.2, 0.25) is 0 Å². The molecule has 0 aliphatic rings. The van der Waals surface area contributed by atoms with Crippen LogP contribution in [0.4, 0.5) is 5.69 Å². The minimum Gasteiger partial charge on any atom is -0.388 e. The number of rotatable bonds is 1. The second-order valence-corrected chi connectivity index (χ2v) is 3.52. The van der Waals surface area contributed by atoms with E-state index in [0.29, 0.717) is 0 Å².